The molecule has 0 heterocycles. The minimum Gasteiger partial charge on any atom is -0.494 e. The number of ether oxygens (including phenoxy) is 1. The highest BCUT2D eigenvalue weighted by Gasteiger charge is 2.07. The lowest BCUT2D eigenvalue weighted by Gasteiger charge is -2.14. The molecule has 0 fully saturated rings. The molecule has 0 aliphatic rings. The Morgan fingerprint density at radius 1 is 1.44 bits per heavy atom. The van der Waals surface area contributed by atoms with Crippen LogP contribution in [0.1, 0.15) is 18.1 Å². The molecule has 0 saturated carbocycles. The zero-order chi connectivity index (χ0) is 13.5. The van der Waals surface area contributed by atoms with Crippen LogP contribution >= 0.6 is 0 Å². The van der Waals surface area contributed by atoms with E-state index in [1.54, 1.807) is 7.05 Å². The van der Waals surface area contributed by atoms with Gasteiger partial charge in [0, 0.05) is 13.6 Å². The second-order valence-electron chi connectivity index (χ2n) is 4.16. The largest absolute Gasteiger partial charge is 0.494 e. The van der Waals surface area contributed by atoms with E-state index in [-0.39, 0.29) is 0 Å². The smallest absolute Gasteiger partial charge is 0.286 e. The second-order valence-corrected chi connectivity index (χ2v) is 4.16. The maximum atomic E-state index is 11.1. The number of rotatable bonds is 6. The van der Waals surface area contributed by atoms with Crippen LogP contribution in [0.2, 0.25) is 0 Å². The van der Waals surface area contributed by atoms with Gasteiger partial charge >= 0.3 is 0 Å². The number of benzene rings is 1. The normalized spacial score (nSPS) is 9.94. The van der Waals surface area contributed by atoms with E-state index < -0.39 is 5.91 Å². The van der Waals surface area contributed by atoms with Gasteiger partial charge in [-0.05, 0) is 37.5 Å². The summed E-state index contributed by atoms with van der Waals surface area (Å²) < 4.78 is 5.46. The monoisotopic (exact) mass is 249 g/mol. The Morgan fingerprint density at radius 2 is 2.17 bits per heavy atom. The lowest BCUT2D eigenvalue weighted by molar-refractivity contribution is -0.137. The average Bonchev–Trinajstić information content (AvgIpc) is 2.38. The summed E-state index contributed by atoms with van der Waals surface area (Å²) in [7, 11) is 1.62. The van der Waals surface area contributed by atoms with E-state index in [0.29, 0.717) is 19.4 Å². The van der Waals surface area contributed by atoms with Crippen LogP contribution in [0.5, 0.6) is 5.75 Å². The first kappa shape index (κ1) is 14.2. The molecule has 4 heteroatoms. The summed E-state index contributed by atoms with van der Waals surface area (Å²) >= 11 is 0. The van der Waals surface area contributed by atoms with E-state index in [4.69, 9.17) is 4.74 Å². The fraction of sp³-hybridized carbons (Fsp3) is 0.429. The molecule has 0 aromatic heterocycles. The third kappa shape index (κ3) is 3.87. The van der Waals surface area contributed by atoms with Crippen molar-refractivity contribution in [3.05, 3.63) is 29.3 Å². The number of aryl methyl sites for hydroxylation is 1. The Balaban J connectivity index is 2.61. The third-order valence-corrected chi connectivity index (χ3v) is 2.75. The minimum atomic E-state index is -0.488. The average molecular weight is 249 g/mol. The van der Waals surface area contributed by atoms with Gasteiger partial charge in [-0.15, -0.1) is 0 Å². The van der Waals surface area contributed by atoms with Gasteiger partial charge in [0.15, 0.2) is 0 Å². The molecule has 0 spiro atoms. The zero-order valence-corrected chi connectivity index (χ0v) is 11.1. The molecule has 1 amide bonds. The van der Waals surface area contributed by atoms with E-state index in [2.05, 4.69) is 0 Å². The SMILES string of the molecule is CCOc1ccc(CCN(C)C(=O)C=O)cc1C. The van der Waals surface area contributed by atoms with Crippen LogP contribution in [-0.4, -0.2) is 37.3 Å². The van der Waals surface area contributed by atoms with Crippen molar-refractivity contribution in [1.82, 2.24) is 4.90 Å². The number of aldehydes is 1. The quantitative estimate of drug-likeness (QED) is 0.568. The molecule has 0 radical (unpaired) electrons. The summed E-state index contributed by atoms with van der Waals surface area (Å²) in [4.78, 5) is 22.8. The van der Waals surface area contributed by atoms with E-state index in [1.807, 2.05) is 32.0 Å². The lowest BCUT2D eigenvalue weighted by Crippen LogP contribution is -2.29. The highest BCUT2D eigenvalue weighted by molar-refractivity contribution is 6.23. The third-order valence-electron chi connectivity index (χ3n) is 2.75. The highest BCUT2D eigenvalue weighted by Crippen LogP contribution is 2.19. The van der Waals surface area contributed by atoms with Crippen molar-refractivity contribution in [3.8, 4) is 5.75 Å². The van der Waals surface area contributed by atoms with Gasteiger partial charge < -0.3 is 9.64 Å². The predicted molar refractivity (Wildman–Crippen MR) is 69.8 cm³/mol. The fourth-order valence-electron chi connectivity index (χ4n) is 1.68. The molecule has 0 bridgehead atoms. The second kappa shape index (κ2) is 6.79. The molecular formula is C14H19NO3. The molecule has 0 N–H and O–H groups in total. The first-order chi connectivity index (χ1) is 8.58. The van der Waals surface area contributed by atoms with Gasteiger partial charge in [0.2, 0.25) is 6.29 Å². The summed E-state index contributed by atoms with van der Waals surface area (Å²) in [5.74, 6) is 0.399. The molecule has 1 aromatic carbocycles. The first-order valence-electron chi connectivity index (χ1n) is 6.01. The van der Waals surface area contributed by atoms with Crippen molar-refractivity contribution in [3.63, 3.8) is 0 Å². The van der Waals surface area contributed by atoms with Crippen molar-refractivity contribution < 1.29 is 14.3 Å². The van der Waals surface area contributed by atoms with Crippen molar-refractivity contribution in [2.24, 2.45) is 0 Å². The Labute approximate surface area is 108 Å². The number of nitrogens with zero attached hydrogens (tertiary/aromatic N) is 1. The summed E-state index contributed by atoms with van der Waals surface area (Å²) in [6.07, 6.45) is 1.06. The van der Waals surface area contributed by atoms with Crippen LogP contribution in [0.3, 0.4) is 0 Å². The maximum Gasteiger partial charge on any atom is 0.286 e. The fourth-order valence-corrected chi connectivity index (χ4v) is 1.68. The first-order valence-corrected chi connectivity index (χ1v) is 6.01. The van der Waals surface area contributed by atoms with Crippen LogP contribution in [-0.2, 0) is 16.0 Å². The van der Waals surface area contributed by atoms with Gasteiger partial charge in [-0.1, -0.05) is 12.1 Å². The molecule has 4 nitrogen and oxygen atoms in total. The highest BCUT2D eigenvalue weighted by atomic mass is 16.5. The van der Waals surface area contributed by atoms with E-state index in [9.17, 15) is 9.59 Å². The molecule has 0 atom stereocenters. The lowest BCUT2D eigenvalue weighted by atomic mass is 10.1. The Morgan fingerprint density at radius 3 is 2.72 bits per heavy atom. The van der Waals surface area contributed by atoms with Gasteiger partial charge in [-0.25, -0.2) is 0 Å². The van der Waals surface area contributed by atoms with Crippen molar-refractivity contribution in [1.29, 1.82) is 0 Å². The molecule has 1 rings (SSSR count). The summed E-state index contributed by atoms with van der Waals surface area (Å²) in [5.41, 5.74) is 2.21. The van der Waals surface area contributed by atoms with Crippen LogP contribution in [0.25, 0.3) is 0 Å². The van der Waals surface area contributed by atoms with Crippen molar-refractivity contribution >= 4 is 12.2 Å². The summed E-state index contributed by atoms with van der Waals surface area (Å²) in [6.45, 7) is 5.13. The molecule has 98 valence electrons. The Kier molecular flexibility index (Phi) is 5.36. The standard InChI is InChI=1S/C14H19NO3/c1-4-18-13-6-5-12(9-11(13)2)7-8-15(3)14(17)10-16/h5-6,9-10H,4,7-8H2,1-3H3. The topological polar surface area (TPSA) is 46.6 Å². The molecular weight excluding hydrogens is 230 g/mol. The number of amides is 1. The number of likely N-dealkylation sites (N-methyl/N-ethyl adjacent to an activating group) is 1. The number of carbonyl (C=O) groups excluding carboxylic acids is 2. The van der Waals surface area contributed by atoms with Crippen LogP contribution in [0.4, 0.5) is 0 Å². The van der Waals surface area contributed by atoms with E-state index in [0.717, 1.165) is 23.3 Å². The Bertz CT molecular complexity index is 429. The van der Waals surface area contributed by atoms with Gasteiger partial charge in [-0.3, -0.25) is 9.59 Å². The van der Waals surface area contributed by atoms with Gasteiger partial charge in [0.1, 0.15) is 5.75 Å². The van der Waals surface area contributed by atoms with Gasteiger partial charge in [0.25, 0.3) is 5.91 Å². The van der Waals surface area contributed by atoms with Crippen LogP contribution < -0.4 is 4.74 Å². The zero-order valence-electron chi connectivity index (χ0n) is 11.1. The van der Waals surface area contributed by atoms with Crippen LogP contribution in [0.15, 0.2) is 18.2 Å². The predicted octanol–water partition coefficient (Wildman–Crippen LogP) is 1.59. The van der Waals surface area contributed by atoms with Crippen LogP contribution in [0, 0.1) is 6.92 Å². The number of hydrogen-bond donors (Lipinski definition) is 0. The molecule has 0 aliphatic heterocycles. The maximum absolute atomic E-state index is 11.1. The summed E-state index contributed by atoms with van der Waals surface area (Å²) in [6, 6.07) is 5.97. The molecule has 0 unspecified atom stereocenters. The molecule has 18 heavy (non-hydrogen) atoms. The number of carbonyl (C=O) groups is 2. The molecule has 0 aliphatic carbocycles. The van der Waals surface area contributed by atoms with E-state index in [1.165, 1.54) is 4.90 Å². The van der Waals surface area contributed by atoms with Crippen molar-refractivity contribution in [2.45, 2.75) is 20.3 Å². The van der Waals surface area contributed by atoms with Gasteiger partial charge in [0.05, 0.1) is 6.61 Å². The van der Waals surface area contributed by atoms with Crippen molar-refractivity contribution in [2.75, 3.05) is 20.2 Å². The summed E-state index contributed by atoms with van der Waals surface area (Å²) in [5, 5.41) is 0. The van der Waals surface area contributed by atoms with Gasteiger partial charge in [-0.2, -0.15) is 0 Å². The molecule has 0 saturated heterocycles. The van der Waals surface area contributed by atoms with E-state index >= 15 is 0 Å². The molecule has 1 aromatic rings. The Hall–Kier alpha value is -1.84. The number of hydrogen-bond acceptors (Lipinski definition) is 3. The minimum absolute atomic E-state index is 0.337.